The van der Waals surface area contributed by atoms with Crippen LogP contribution < -0.4 is 9.62 Å². The van der Waals surface area contributed by atoms with Crippen LogP contribution >= 0.6 is 23.2 Å². The second kappa shape index (κ2) is 14.0. The van der Waals surface area contributed by atoms with E-state index in [4.69, 9.17) is 23.2 Å². The summed E-state index contributed by atoms with van der Waals surface area (Å²) in [5, 5.41) is 3.57. The summed E-state index contributed by atoms with van der Waals surface area (Å²) in [6, 6.07) is 17.8. The Bertz CT molecular complexity index is 1420. The highest BCUT2D eigenvalue weighted by Gasteiger charge is 2.33. The lowest BCUT2D eigenvalue weighted by molar-refractivity contribution is -0.140. The highest BCUT2D eigenvalue weighted by Crippen LogP contribution is 2.25. The molecular formula is C29H32Cl2FN3O4S. The molecule has 2 amide bonds. The molecule has 1 N–H and O–H groups in total. The van der Waals surface area contributed by atoms with Crippen molar-refractivity contribution in [1.82, 2.24) is 10.2 Å². The average molecular weight is 609 g/mol. The Labute approximate surface area is 244 Å². The molecule has 0 aromatic heterocycles. The Balaban J connectivity index is 2.07. The second-order valence-corrected chi connectivity index (χ2v) is 12.3. The van der Waals surface area contributed by atoms with E-state index in [0.717, 1.165) is 28.3 Å². The minimum atomic E-state index is -3.95. The van der Waals surface area contributed by atoms with Gasteiger partial charge in [-0.1, -0.05) is 66.5 Å². The first-order valence-electron chi connectivity index (χ1n) is 12.7. The van der Waals surface area contributed by atoms with Gasteiger partial charge < -0.3 is 10.2 Å². The normalized spacial score (nSPS) is 12.8. The minimum absolute atomic E-state index is 0.0395. The van der Waals surface area contributed by atoms with E-state index in [0.29, 0.717) is 17.0 Å². The van der Waals surface area contributed by atoms with Crippen molar-refractivity contribution < 1.29 is 22.4 Å². The van der Waals surface area contributed by atoms with Gasteiger partial charge in [-0.3, -0.25) is 13.9 Å². The number of hydrogen-bond acceptors (Lipinski definition) is 4. The molecular weight excluding hydrogens is 576 g/mol. The van der Waals surface area contributed by atoms with Crippen molar-refractivity contribution in [3.05, 3.63) is 99.8 Å². The highest BCUT2D eigenvalue weighted by atomic mass is 35.5. The third-order valence-corrected chi connectivity index (χ3v) is 8.28. The van der Waals surface area contributed by atoms with Gasteiger partial charge >= 0.3 is 0 Å². The molecule has 3 aromatic carbocycles. The molecule has 0 fully saturated rings. The van der Waals surface area contributed by atoms with Crippen LogP contribution in [0.25, 0.3) is 0 Å². The lowest BCUT2D eigenvalue weighted by Gasteiger charge is -2.34. The average Bonchev–Trinajstić information content (AvgIpc) is 2.91. The molecule has 40 heavy (non-hydrogen) atoms. The van der Waals surface area contributed by atoms with Gasteiger partial charge in [0.15, 0.2) is 0 Å². The summed E-state index contributed by atoms with van der Waals surface area (Å²) in [4.78, 5) is 29.0. The maximum absolute atomic E-state index is 14.0. The van der Waals surface area contributed by atoms with E-state index in [1.54, 1.807) is 18.2 Å². The van der Waals surface area contributed by atoms with Crippen LogP contribution in [-0.2, 0) is 32.6 Å². The Morgan fingerprint density at radius 2 is 1.60 bits per heavy atom. The molecule has 7 nitrogen and oxygen atoms in total. The minimum Gasteiger partial charge on any atom is -0.352 e. The molecule has 3 aromatic rings. The zero-order valence-corrected chi connectivity index (χ0v) is 24.8. The molecule has 0 unspecified atom stereocenters. The number of sulfonamides is 1. The van der Waals surface area contributed by atoms with Gasteiger partial charge in [0.25, 0.3) is 0 Å². The van der Waals surface area contributed by atoms with E-state index < -0.39 is 34.3 Å². The van der Waals surface area contributed by atoms with Crippen molar-refractivity contribution >= 4 is 50.7 Å². The van der Waals surface area contributed by atoms with Gasteiger partial charge in [0.1, 0.15) is 18.4 Å². The number of halogens is 3. The molecule has 0 aliphatic heterocycles. The standard InChI is InChI=1S/C29H32Cl2FN3O4S/c1-4-20(2)33-29(37)27(17-21-8-6-5-7-9-21)34(18-22-10-15-25(30)26(31)16-22)28(36)19-35(40(3,38)39)24-13-11-23(32)12-14-24/h5-16,20,27H,4,17-19H2,1-3H3,(H,33,37)/t20-,27-/m1/s1. The molecule has 214 valence electrons. The zero-order valence-electron chi connectivity index (χ0n) is 22.5. The molecule has 0 saturated heterocycles. The molecule has 11 heteroatoms. The predicted octanol–water partition coefficient (Wildman–Crippen LogP) is 5.45. The van der Waals surface area contributed by atoms with Gasteiger partial charge in [-0.25, -0.2) is 12.8 Å². The zero-order chi connectivity index (χ0) is 29.4. The van der Waals surface area contributed by atoms with Crippen LogP contribution in [-0.4, -0.2) is 50.0 Å². The topological polar surface area (TPSA) is 86.8 Å². The van der Waals surface area contributed by atoms with E-state index in [-0.39, 0.29) is 35.6 Å². The molecule has 0 spiro atoms. The summed E-state index contributed by atoms with van der Waals surface area (Å²) in [5.41, 5.74) is 1.54. The molecule has 3 rings (SSSR count). The van der Waals surface area contributed by atoms with E-state index in [9.17, 15) is 22.4 Å². The summed E-state index contributed by atoms with van der Waals surface area (Å²) in [6.45, 7) is 3.15. The first kappa shape index (κ1) is 31.4. The predicted molar refractivity (Wildman–Crippen MR) is 157 cm³/mol. The van der Waals surface area contributed by atoms with Crippen LogP contribution in [0, 0.1) is 5.82 Å². The van der Waals surface area contributed by atoms with E-state index in [2.05, 4.69) is 5.32 Å². The summed E-state index contributed by atoms with van der Waals surface area (Å²) in [6.07, 6.45) is 1.83. The first-order valence-corrected chi connectivity index (χ1v) is 15.3. The third kappa shape index (κ3) is 8.68. The maximum atomic E-state index is 14.0. The van der Waals surface area contributed by atoms with Gasteiger partial charge in [0.05, 0.1) is 22.0 Å². The third-order valence-electron chi connectivity index (χ3n) is 6.40. The fourth-order valence-corrected chi connectivity index (χ4v) is 5.22. The van der Waals surface area contributed by atoms with Crippen molar-refractivity contribution in [3.8, 4) is 0 Å². The lowest BCUT2D eigenvalue weighted by Crippen LogP contribution is -2.54. The number of amides is 2. The number of benzene rings is 3. The Morgan fingerprint density at radius 3 is 2.17 bits per heavy atom. The molecule has 0 aliphatic rings. The molecule has 0 heterocycles. The van der Waals surface area contributed by atoms with Gasteiger partial charge in [0, 0.05) is 19.0 Å². The van der Waals surface area contributed by atoms with Crippen LogP contribution in [0.4, 0.5) is 10.1 Å². The summed E-state index contributed by atoms with van der Waals surface area (Å²) < 4.78 is 39.9. The number of carbonyl (C=O) groups is 2. The largest absolute Gasteiger partial charge is 0.352 e. The molecule has 2 atom stereocenters. The fourth-order valence-electron chi connectivity index (χ4n) is 4.05. The second-order valence-electron chi connectivity index (χ2n) is 9.54. The summed E-state index contributed by atoms with van der Waals surface area (Å²) in [7, 11) is -3.95. The Hall–Kier alpha value is -3.14. The monoisotopic (exact) mass is 607 g/mol. The van der Waals surface area contributed by atoms with Gasteiger partial charge in [-0.15, -0.1) is 0 Å². The van der Waals surface area contributed by atoms with Crippen LogP contribution in [0.1, 0.15) is 31.4 Å². The SMILES string of the molecule is CC[C@@H](C)NC(=O)[C@@H](Cc1ccccc1)N(Cc1ccc(Cl)c(Cl)c1)C(=O)CN(c1ccc(F)cc1)S(C)(=O)=O. The van der Waals surface area contributed by atoms with Crippen molar-refractivity contribution in [1.29, 1.82) is 0 Å². The van der Waals surface area contributed by atoms with Crippen LogP contribution in [0.3, 0.4) is 0 Å². The van der Waals surface area contributed by atoms with E-state index in [1.807, 2.05) is 44.2 Å². The molecule has 0 saturated carbocycles. The van der Waals surface area contributed by atoms with Crippen molar-refractivity contribution in [3.63, 3.8) is 0 Å². The van der Waals surface area contributed by atoms with Gasteiger partial charge in [0.2, 0.25) is 21.8 Å². The van der Waals surface area contributed by atoms with Crippen LogP contribution in [0.2, 0.25) is 10.0 Å². The van der Waals surface area contributed by atoms with Gasteiger partial charge in [-0.2, -0.15) is 0 Å². The van der Waals surface area contributed by atoms with Crippen LogP contribution in [0.5, 0.6) is 0 Å². The smallest absolute Gasteiger partial charge is 0.244 e. The van der Waals surface area contributed by atoms with Crippen molar-refractivity contribution in [2.24, 2.45) is 0 Å². The maximum Gasteiger partial charge on any atom is 0.244 e. The van der Waals surface area contributed by atoms with E-state index in [1.165, 1.54) is 17.0 Å². The lowest BCUT2D eigenvalue weighted by atomic mass is 10.0. The number of carbonyl (C=O) groups excluding carboxylic acids is 2. The highest BCUT2D eigenvalue weighted by molar-refractivity contribution is 7.92. The van der Waals surface area contributed by atoms with Crippen molar-refractivity contribution in [2.45, 2.75) is 45.3 Å². The fraction of sp³-hybridized carbons (Fsp3) is 0.310. The Kier molecular flexibility index (Phi) is 11.0. The summed E-state index contributed by atoms with van der Waals surface area (Å²) >= 11 is 12.3. The number of rotatable bonds is 12. The summed E-state index contributed by atoms with van der Waals surface area (Å²) in [5.74, 6) is -1.55. The Morgan fingerprint density at radius 1 is 0.950 bits per heavy atom. The number of nitrogens with zero attached hydrogens (tertiary/aromatic N) is 2. The number of hydrogen-bond donors (Lipinski definition) is 1. The quantitative estimate of drug-likeness (QED) is 0.296. The molecule has 0 bridgehead atoms. The van der Waals surface area contributed by atoms with Crippen molar-refractivity contribution in [2.75, 3.05) is 17.1 Å². The van der Waals surface area contributed by atoms with Crippen LogP contribution in [0.15, 0.2) is 72.8 Å². The molecule has 0 radical (unpaired) electrons. The van der Waals surface area contributed by atoms with E-state index >= 15 is 0 Å². The first-order chi connectivity index (χ1) is 18.9. The van der Waals surface area contributed by atoms with Gasteiger partial charge in [-0.05, 0) is 60.9 Å². The molecule has 0 aliphatic carbocycles. The number of anilines is 1. The number of nitrogens with one attached hydrogen (secondary N) is 1.